The highest BCUT2D eigenvalue weighted by Gasteiger charge is 2.29. The minimum atomic E-state index is -0.423. The highest BCUT2D eigenvalue weighted by molar-refractivity contribution is 9.10. The summed E-state index contributed by atoms with van der Waals surface area (Å²) in [6.07, 6.45) is 3.66. The summed E-state index contributed by atoms with van der Waals surface area (Å²) in [5.74, 6) is 0. The standard InChI is InChI=1S/C16H23BrN2O/c1-12(20)15-6-5-13(10-16(15)17)19-9-8-18-7-3-2-4-14(18)11-19/h5-6,10,12,14,20H,2-4,7-9,11H2,1H3/t12-,14?/m1/s1. The molecule has 0 spiro atoms. The van der Waals surface area contributed by atoms with Gasteiger partial charge in [-0.15, -0.1) is 0 Å². The second kappa shape index (κ2) is 6.04. The lowest BCUT2D eigenvalue weighted by atomic mass is 9.99. The van der Waals surface area contributed by atoms with E-state index in [1.165, 1.54) is 38.0 Å². The van der Waals surface area contributed by atoms with Crippen LogP contribution >= 0.6 is 15.9 Å². The lowest BCUT2D eigenvalue weighted by Crippen LogP contribution is -2.54. The average molecular weight is 339 g/mol. The monoisotopic (exact) mass is 338 g/mol. The zero-order valence-corrected chi connectivity index (χ0v) is 13.6. The molecule has 0 aliphatic carbocycles. The highest BCUT2D eigenvalue weighted by Crippen LogP contribution is 2.30. The van der Waals surface area contributed by atoms with Crippen LogP contribution in [0.15, 0.2) is 22.7 Å². The Morgan fingerprint density at radius 2 is 2.10 bits per heavy atom. The zero-order valence-electron chi connectivity index (χ0n) is 12.1. The molecule has 0 aromatic heterocycles. The number of hydrogen-bond acceptors (Lipinski definition) is 3. The Balaban J connectivity index is 1.75. The number of piperazine rings is 1. The highest BCUT2D eigenvalue weighted by atomic mass is 79.9. The third kappa shape index (κ3) is 2.87. The molecule has 0 saturated carbocycles. The van der Waals surface area contributed by atoms with Crippen molar-refractivity contribution in [2.45, 2.75) is 38.3 Å². The molecule has 2 atom stereocenters. The smallest absolute Gasteiger partial charge is 0.0772 e. The van der Waals surface area contributed by atoms with Crippen LogP contribution in [0, 0.1) is 0 Å². The van der Waals surface area contributed by atoms with E-state index in [1.54, 1.807) is 6.92 Å². The zero-order chi connectivity index (χ0) is 14.1. The molecule has 2 saturated heterocycles. The predicted octanol–water partition coefficient (Wildman–Crippen LogP) is 3.18. The molecule has 2 fully saturated rings. The van der Waals surface area contributed by atoms with Crippen molar-refractivity contribution in [1.82, 2.24) is 4.90 Å². The van der Waals surface area contributed by atoms with E-state index < -0.39 is 6.10 Å². The Morgan fingerprint density at radius 3 is 2.85 bits per heavy atom. The number of hydrogen-bond donors (Lipinski definition) is 1. The molecule has 2 aliphatic rings. The molecule has 3 nitrogen and oxygen atoms in total. The maximum atomic E-state index is 9.71. The quantitative estimate of drug-likeness (QED) is 0.897. The number of rotatable bonds is 2. The molecule has 110 valence electrons. The fourth-order valence-corrected chi connectivity index (χ4v) is 4.14. The van der Waals surface area contributed by atoms with Gasteiger partial charge in [0.1, 0.15) is 0 Å². The number of fused-ring (bicyclic) bond motifs is 1. The van der Waals surface area contributed by atoms with Gasteiger partial charge in [0.25, 0.3) is 0 Å². The van der Waals surface area contributed by atoms with Crippen LogP contribution in [0.1, 0.15) is 37.9 Å². The summed E-state index contributed by atoms with van der Waals surface area (Å²) >= 11 is 3.59. The van der Waals surface area contributed by atoms with Crippen LogP contribution in [0.5, 0.6) is 0 Å². The normalized spacial score (nSPS) is 25.4. The van der Waals surface area contributed by atoms with Crippen LogP contribution in [-0.2, 0) is 0 Å². The topological polar surface area (TPSA) is 26.7 Å². The number of halogens is 1. The van der Waals surface area contributed by atoms with Gasteiger partial charge < -0.3 is 10.0 Å². The average Bonchev–Trinajstić information content (AvgIpc) is 2.46. The van der Waals surface area contributed by atoms with Gasteiger partial charge in [-0.2, -0.15) is 0 Å². The van der Waals surface area contributed by atoms with Gasteiger partial charge in [-0.1, -0.05) is 28.4 Å². The fourth-order valence-electron chi connectivity index (χ4n) is 3.44. The van der Waals surface area contributed by atoms with Crippen molar-refractivity contribution < 1.29 is 5.11 Å². The summed E-state index contributed by atoms with van der Waals surface area (Å²) in [5.41, 5.74) is 2.23. The molecule has 1 unspecified atom stereocenters. The van der Waals surface area contributed by atoms with Crippen molar-refractivity contribution in [3.05, 3.63) is 28.2 Å². The van der Waals surface area contributed by atoms with Crippen LogP contribution in [0.25, 0.3) is 0 Å². The van der Waals surface area contributed by atoms with Gasteiger partial charge in [-0.25, -0.2) is 0 Å². The van der Waals surface area contributed by atoms with E-state index >= 15 is 0 Å². The second-order valence-electron chi connectivity index (χ2n) is 6.01. The molecule has 1 N–H and O–H groups in total. The van der Waals surface area contributed by atoms with Crippen molar-refractivity contribution >= 4 is 21.6 Å². The molecule has 1 aromatic rings. The van der Waals surface area contributed by atoms with E-state index in [2.05, 4.69) is 37.9 Å². The van der Waals surface area contributed by atoms with Gasteiger partial charge in [-0.3, -0.25) is 4.90 Å². The first kappa shape index (κ1) is 14.4. The van der Waals surface area contributed by atoms with E-state index in [0.29, 0.717) is 0 Å². The molecule has 0 radical (unpaired) electrons. The Morgan fingerprint density at radius 1 is 1.25 bits per heavy atom. The number of aliphatic hydroxyl groups is 1. The van der Waals surface area contributed by atoms with Crippen LogP contribution in [0.4, 0.5) is 5.69 Å². The van der Waals surface area contributed by atoms with Gasteiger partial charge >= 0.3 is 0 Å². The largest absolute Gasteiger partial charge is 0.389 e. The lowest BCUT2D eigenvalue weighted by molar-refractivity contribution is 0.133. The summed E-state index contributed by atoms with van der Waals surface area (Å²) in [6.45, 7) is 6.52. The summed E-state index contributed by atoms with van der Waals surface area (Å²) < 4.78 is 1.01. The molecular formula is C16H23BrN2O. The second-order valence-corrected chi connectivity index (χ2v) is 6.87. The predicted molar refractivity (Wildman–Crippen MR) is 86.2 cm³/mol. The number of nitrogens with zero attached hydrogens (tertiary/aromatic N) is 2. The van der Waals surface area contributed by atoms with Crippen LogP contribution in [0.3, 0.4) is 0 Å². The first-order valence-corrected chi connectivity index (χ1v) is 8.41. The molecule has 4 heteroatoms. The number of aliphatic hydroxyl groups excluding tert-OH is 1. The maximum absolute atomic E-state index is 9.71. The Kier molecular flexibility index (Phi) is 4.34. The van der Waals surface area contributed by atoms with Crippen LogP contribution < -0.4 is 4.90 Å². The Labute approximate surface area is 129 Å². The van der Waals surface area contributed by atoms with Crippen molar-refractivity contribution in [3.8, 4) is 0 Å². The van der Waals surface area contributed by atoms with Gasteiger partial charge in [0, 0.05) is 35.8 Å². The van der Waals surface area contributed by atoms with Crippen molar-refractivity contribution in [1.29, 1.82) is 0 Å². The number of anilines is 1. The van der Waals surface area contributed by atoms with Gasteiger partial charge in [0.05, 0.1) is 6.10 Å². The summed E-state index contributed by atoms with van der Waals surface area (Å²) in [5, 5.41) is 9.71. The van der Waals surface area contributed by atoms with E-state index in [-0.39, 0.29) is 0 Å². The molecular weight excluding hydrogens is 316 g/mol. The molecule has 2 aliphatic heterocycles. The van der Waals surface area contributed by atoms with Crippen molar-refractivity contribution in [3.63, 3.8) is 0 Å². The van der Waals surface area contributed by atoms with Gasteiger partial charge in [0.15, 0.2) is 0 Å². The first-order valence-electron chi connectivity index (χ1n) is 7.61. The Hall–Kier alpha value is -0.580. The van der Waals surface area contributed by atoms with E-state index in [0.717, 1.165) is 29.2 Å². The molecule has 0 amide bonds. The third-order valence-electron chi connectivity index (χ3n) is 4.64. The minimum Gasteiger partial charge on any atom is -0.389 e. The summed E-state index contributed by atoms with van der Waals surface area (Å²) in [4.78, 5) is 5.14. The molecule has 20 heavy (non-hydrogen) atoms. The number of piperidine rings is 1. The van der Waals surface area contributed by atoms with Crippen molar-refractivity contribution in [2.24, 2.45) is 0 Å². The number of benzene rings is 1. The third-order valence-corrected chi connectivity index (χ3v) is 5.32. The van der Waals surface area contributed by atoms with Crippen LogP contribution in [0.2, 0.25) is 0 Å². The van der Waals surface area contributed by atoms with E-state index in [4.69, 9.17) is 0 Å². The first-order chi connectivity index (χ1) is 9.65. The van der Waals surface area contributed by atoms with E-state index in [9.17, 15) is 5.11 Å². The summed E-state index contributed by atoms with van der Waals surface area (Å²) in [7, 11) is 0. The fraction of sp³-hybridized carbons (Fsp3) is 0.625. The van der Waals surface area contributed by atoms with Crippen LogP contribution in [-0.4, -0.2) is 42.2 Å². The van der Waals surface area contributed by atoms with Gasteiger partial charge in [-0.05, 0) is 44.0 Å². The lowest BCUT2D eigenvalue weighted by Gasteiger charge is -2.45. The molecule has 1 aromatic carbocycles. The molecule has 2 heterocycles. The SMILES string of the molecule is C[C@@H](O)c1ccc(N2CCN3CCCCC3C2)cc1Br. The van der Waals surface area contributed by atoms with Gasteiger partial charge in [0.2, 0.25) is 0 Å². The molecule has 3 rings (SSSR count). The molecule has 0 bridgehead atoms. The maximum Gasteiger partial charge on any atom is 0.0772 e. The summed E-state index contributed by atoms with van der Waals surface area (Å²) in [6, 6.07) is 7.07. The minimum absolute atomic E-state index is 0.423. The van der Waals surface area contributed by atoms with Crippen molar-refractivity contribution in [2.75, 3.05) is 31.1 Å². The van der Waals surface area contributed by atoms with E-state index in [1.807, 2.05) is 6.07 Å². The Bertz CT molecular complexity index is 478.